The van der Waals surface area contributed by atoms with Gasteiger partial charge >= 0.3 is 58.4 Å². The second kappa shape index (κ2) is 4.81. The van der Waals surface area contributed by atoms with Crippen LogP contribution in [-0.2, 0) is 0 Å². The van der Waals surface area contributed by atoms with Gasteiger partial charge in [-0.2, -0.15) is 0 Å². The molecule has 0 saturated heterocycles. The van der Waals surface area contributed by atoms with Crippen molar-refractivity contribution in [1.82, 2.24) is 9.38 Å². The molecule has 2 nitrogen and oxygen atoms in total. The molecule has 0 aromatic carbocycles. The molecule has 2 heterocycles. The summed E-state index contributed by atoms with van der Waals surface area (Å²) >= 11 is 0. The third-order valence-corrected chi connectivity index (χ3v) is 2.25. The maximum Gasteiger partial charge on any atom is 1.00 e. The minimum Gasteiger partial charge on any atom is -0.445 e. The molecule has 7 heteroatoms. The van der Waals surface area contributed by atoms with E-state index in [2.05, 4.69) is 4.98 Å². The van der Waals surface area contributed by atoms with Crippen LogP contribution in [0.25, 0.3) is 5.65 Å². The molecule has 0 radical (unpaired) electrons. The van der Waals surface area contributed by atoms with E-state index in [4.69, 9.17) is 0 Å². The standard InChI is InChI=1S/C9H9BF3N2.K/c1-6-3-8(10(11,12)13)5-15-4-7(2)14-9(6)15;/h3-5H,1-2H3;/q-1;+1. The van der Waals surface area contributed by atoms with Crippen molar-refractivity contribution >= 4 is 18.1 Å². The largest absolute Gasteiger partial charge is 1.00 e. The normalized spacial score (nSPS) is 11.6. The Morgan fingerprint density at radius 2 is 1.81 bits per heavy atom. The first-order valence-corrected chi connectivity index (χ1v) is 4.54. The van der Waals surface area contributed by atoms with Crippen molar-refractivity contribution < 1.29 is 64.3 Å². The number of nitrogens with zero attached hydrogens (tertiary/aromatic N) is 2. The summed E-state index contributed by atoms with van der Waals surface area (Å²) in [5, 5.41) is 0. The molecule has 0 bridgehead atoms. The van der Waals surface area contributed by atoms with Gasteiger partial charge in [0.1, 0.15) is 5.65 Å². The molecule has 80 valence electrons. The Hall–Kier alpha value is 0.181. The fourth-order valence-electron chi connectivity index (χ4n) is 1.60. The van der Waals surface area contributed by atoms with E-state index >= 15 is 0 Å². The van der Waals surface area contributed by atoms with Crippen molar-refractivity contribution in [2.24, 2.45) is 0 Å². The van der Waals surface area contributed by atoms with Gasteiger partial charge in [-0.1, -0.05) is 11.5 Å². The van der Waals surface area contributed by atoms with E-state index in [-0.39, 0.29) is 51.4 Å². The van der Waals surface area contributed by atoms with E-state index in [9.17, 15) is 12.9 Å². The number of rotatable bonds is 1. The van der Waals surface area contributed by atoms with Crippen molar-refractivity contribution in [3.8, 4) is 0 Å². The molecule has 0 amide bonds. The molecular formula is C9H9BF3KN2. The summed E-state index contributed by atoms with van der Waals surface area (Å²) in [5.74, 6) is 0. The van der Waals surface area contributed by atoms with Gasteiger partial charge < -0.3 is 17.3 Å². The zero-order valence-corrected chi connectivity index (χ0v) is 12.5. The summed E-state index contributed by atoms with van der Waals surface area (Å²) in [4.78, 5) is 4.14. The first-order chi connectivity index (χ1) is 6.88. The van der Waals surface area contributed by atoms with Gasteiger partial charge in [0.15, 0.2) is 0 Å². The Balaban J connectivity index is 0.00000128. The maximum atomic E-state index is 12.5. The Morgan fingerprint density at radius 1 is 1.19 bits per heavy atom. The zero-order valence-electron chi connectivity index (χ0n) is 9.34. The number of aryl methyl sites for hydroxylation is 2. The van der Waals surface area contributed by atoms with Gasteiger partial charge in [-0.3, -0.25) is 0 Å². The van der Waals surface area contributed by atoms with Crippen LogP contribution in [0.4, 0.5) is 12.9 Å². The van der Waals surface area contributed by atoms with Crippen molar-refractivity contribution in [1.29, 1.82) is 0 Å². The van der Waals surface area contributed by atoms with Crippen LogP contribution < -0.4 is 56.8 Å². The fraction of sp³-hybridized carbons (Fsp3) is 0.222. The van der Waals surface area contributed by atoms with Crippen LogP contribution in [-0.4, -0.2) is 16.4 Å². The van der Waals surface area contributed by atoms with Crippen LogP contribution in [0.2, 0.25) is 0 Å². The summed E-state index contributed by atoms with van der Waals surface area (Å²) in [6.07, 6.45) is 2.68. The minimum atomic E-state index is -4.94. The predicted molar refractivity (Wildman–Crippen MR) is 53.4 cm³/mol. The van der Waals surface area contributed by atoms with Gasteiger partial charge in [-0.15, -0.1) is 0 Å². The van der Waals surface area contributed by atoms with Crippen LogP contribution >= 0.6 is 0 Å². The maximum absolute atomic E-state index is 12.5. The van der Waals surface area contributed by atoms with Crippen LogP contribution in [0.1, 0.15) is 11.3 Å². The van der Waals surface area contributed by atoms with Gasteiger partial charge in [0.25, 0.3) is 0 Å². The number of pyridine rings is 1. The van der Waals surface area contributed by atoms with Gasteiger partial charge in [-0.25, -0.2) is 4.98 Å². The van der Waals surface area contributed by atoms with E-state index in [1.807, 2.05) is 0 Å². The summed E-state index contributed by atoms with van der Waals surface area (Å²) < 4.78 is 39.0. The molecule has 0 atom stereocenters. The molecule has 2 rings (SSSR count). The molecule has 0 aliphatic heterocycles. The summed E-state index contributed by atoms with van der Waals surface area (Å²) in [6, 6.07) is 1.14. The molecule has 0 saturated carbocycles. The van der Waals surface area contributed by atoms with Crippen molar-refractivity contribution in [3.05, 3.63) is 29.7 Å². The van der Waals surface area contributed by atoms with Crippen molar-refractivity contribution in [2.45, 2.75) is 13.8 Å². The topological polar surface area (TPSA) is 17.3 Å². The van der Waals surface area contributed by atoms with E-state index < -0.39 is 12.4 Å². The molecule has 0 fully saturated rings. The van der Waals surface area contributed by atoms with Gasteiger partial charge in [0.05, 0.1) is 5.69 Å². The SMILES string of the molecule is Cc1cn2cc([B-](F)(F)F)cc(C)c2n1.[K+]. The average molecular weight is 252 g/mol. The first kappa shape index (κ1) is 14.2. The first-order valence-electron chi connectivity index (χ1n) is 4.54. The number of halogens is 3. The van der Waals surface area contributed by atoms with Crippen LogP contribution in [0.3, 0.4) is 0 Å². The number of hydrogen-bond donors (Lipinski definition) is 0. The second-order valence-corrected chi connectivity index (χ2v) is 3.64. The number of fused-ring (bicyclic) bond motifs is 1. The Labute approximate surface area is 134 Å². The van der Waals surface area contributed by atoms with Gasteiger partial charge in [0.2, 0.25) is 0 Å². The molecule has 0 unspecified atom stereocenters. The van der Waals surface area contributed by atoms with Gasteiger partial charge in [0, 0.05) is 6.20 Å². The van der Waals surface area contributed by atoms with Crippen LogP contribution in [0.5, 0.6) is 0 Å². The van der Waals surface area contributed by atoms with E-state index in [1.54, 1.807) is 20.0 Å². The molecule has 2 aromatic heterocycles. The molecule has 0 aliphatic rings. The number of hydrogen-bond acceptors (Lipinski definition) is 1. The molecule has 0 N–H and O–H groups in total. The van der Waals surface area contributed by atoms with Crippen LogP contribution in [0, 0.1) is 13.8 Å². The number of imidazole rings is 1. The molecule has 2 aromatic rings. The third-order valence-electron chi connectivity index (χ3n) is 2.25. The molecule has 0 aliphatic carbocycles. The number of aromatic nitrogens is 2. The van der Waals surface area contributed by atoms with Crippen molar-refractivity contribution in [3.63, 3.8) is 0 Å². The fourth-order valence-corrected chi connectivity index (χ4v) is 1.60. The predicted octanol–water partition coefficient (Wildman–Crippen LogP) is -0.990. The Kier molecular flexibility index (Phi) is 4.29. The third kappa shape index (κ3) is 2.70. The smallest absolute Gasteiger partial charge is 0.445 e. The second-order valence-electron chi connectivity index (χ2n) is 3.64. The van der Waals surface area contributed by atoms with E-state index in [1.165, 1.54) is 4.40 Å². The zero-order chi connectivity index (χ0) is 11.2. The van der Waals surface area contributed by atoms with E-state index in [0.29, 0.717) is 16.9 Å². The summed E-state index contributed by atoms with van der Waals surface area (Å²) in [6.45, 7) is -1.56. The van der Waals surface area contributed by atoms with Crippen molar-refractivity contribution in [2.75, 3.05) is 0 Å². The quantitative estimate of drug-likeness (QED) is 0.596. The van der Waals surface area contributed by atoms with E-state index in [0.717, 1.165) is 12.3 Å². The summed E-state index contributed by atoms with van der Waals surface area (Å²) in [7, 11) is 0. The molecule has 0 spiro atoms. The summed E-state index contributed by atoms with van der Waals surface area (Å²) in [5.41, 5.74) is 1.25. The monoisotopic (exact) mass is 252 g/mol. The Bertz CT molecular complexity index is 521. The minimum absolute atomic E-state index is 0. The average Bonchev–Trinajstić information content (AvgIpc) is 2.44. The molecule has 16 heavy (non-hydrogen) atoms. The Morgan fingerprint density at radius 3 is 2.38 bits per heavy atom. The molecular weight excluding hydrogens is 243 g/mol. The van der Waals surface area contributed by atoms with Gasteiger partial charge in [-0.05, 0) is 25.6 Å². The van der Waals surface area contributed by atoms with Crippen LogP contribution in [0.15, 0.2) is 18.5 Å².